The number of halogens is 1. The Labute approximate surface area is 117 Å². The molecule has 1 aromatic carbocycles. The maximum absolute atomic E-state index is 6.33. The molecule has 0 saturated heterocycles. The summed E-state index contributed by atoms with van der Waals surface area (Å²) in [7, 11) is -0.788. The summed E-state index contributed by atoms with van der Waals surface area (Å²) in [5.41, 5.74) is 7.86. The van der Waals surface area contributed by atoms with E-state index in [-0.39, 0.29) is 11.5 Å². The quantitative estimate of drug-likeness (QED) is 0.843. The SMILES string of the molecule is C[Si](C)OC(c1cc(CN)ccc1Cl)C(C)(C)C. The lowest BCUT2D eigenvalue weighted by Crippen LogP contribution is -2.26. The summed E-state index contributed by atoms with van der Waals surface area (Å²) in [5.74, 6) is 0. The van der Waals surface area contributed by atoms with E-state index in [2.05, 4.69) is 39.9 Å². The van der Waals surface area contributed by atoms with E-state index in [0.29, 0.717) is 6.54 Å². The zero-order valence-electron chi connectivity index (χ0n) is 11.9. The van der Waals surface area contributed by atoms with Crippen molar-refractivity contribution in [2.75, 3.05) is 0 Å². The van der Waals surface area contributed by atoms with Crippen molar-refractivity contribution in [1.29, 1.82) is 0 Å². The molecule has 1 rings (SSSR count). The molecule has 101 valence electrons. The van der Waals surface area contributed by atoms with Gasteiger partial charge in [0.05, 0.1) is 6.10 Å². The first-order valence-electron chi connectivity index (χ1n) is 6.21. The Morgan fingerprint density at radius 1 is 1.33 bits per heavy atom. The fourth-order valence-corrected chi connectivity index (χ4v) is 3.03. The van der Waals surface area contributed by atoms with Gasteiger partial charge >= 0.3 is 0 Å². The Balaban J connectivity index is 3.19. The van der Waals surface area contributed by atoms with Crippen molar-refractivity contribution in [1.82, 2.24) is 0 Å². The Kier molecular flexibility index (Phi) is 5.41. The molecular weight excluding hydrogens is 262 g/mol. The number of rotatable bonds is 4. The van der Waals surface area contributed by atoms with Crippen molar-refractivity contribution in [3.05, 3.63) is 34.3 Å². The smallest absolute Gasteiger partial charge is 0.205 e. The minimum Gasteiger partial charge on any atom is -0.410 e. The highest BCUT2D eigenvalue weighted by atomic mass is 35.5. The molecular formula is C14H23ClNOSi. The second-order valence-corrected chi connectivity index (χ2v) is 8.29. The van der Waals surface area contributed by atoms with Crippen LogP contribution in [0.15, 0.2) is 18.2 Å². The standard InChI is InChI=1S/C14H23ClNOSi/c1-14(2,3)13(17-18(4)5)11-8-10(9-16)6-7-12(11)15/h6-8,13H,9,16H2,1-5H3. The first-order chi connectivity index (χ1) is 8.25. The molecule has 0 spiro atoms. The predicted octanol–water partition coefficient (Wildman–Crippen LogP) is 4.15. The van der Waals surface area contributed by atoms with Crippen molar-refractivity contribution >= 4 is 20.6 Å². The number of hydrogen-bond donors (Lipinski definition) is 1. The zero-order valence-corrected chi connectivity index (χ0v) is 13.6. The van der Waals surface area contributed by atoms with Crippen molar-refractivity contribution in [3.63, 3.8) is 0 Å². The Morgan fingerprint density at radius 2 is 1.94 bits per heavy atom. The van der Waals surface area contributed by atoms with Gasteiger partial charge in [-0.15, -0.1) is 0 Å². The average Bonchev–Trinajstić information content (AvgIpc) is 2.25. The lowest BCUT2D eigenvalue weighted by atomic mass is 9.84. The average molecular weight is 285 g/mol. The molecule has 1 unspecified atom stereocenters. The van der Waals surface area contributed by atoms with Crippen molar-refractivity contribution in [2.24, 2.45) is 11.1 Å². The Bertz CT molecular complexity index is 401. The van der Waals surface area contributed by atoms with Crippen LogP contribution in [-0.4, -0.2) is 9.04 Å². The molecule has 0 aliphatic rings. The summed E-state index contributed by atoms with van der Waals surface area (Å²) < 4.78 is 6.16. The third-order valence-corrected chi connectivity index (χ3v) is 3.77. The molecule has 0 amide bonds. The van der Waals surface area contributed by atoms with Gasteiger partial charge in [-0.05, 0) is 35.7 Å². The Hall–Kier alpha value is -0.353. The molecule has 0 saturated carbocycles. The van der Waals surface area contributed by atoms with Crippen molar-refractivity contribution in [3.8, 4) is 0 Å². The topological polar surface area (TPSA) is 35.2 Å². The van der Waals surface area contributed by atoms with Gasteiger partial charge in [-0.1, -0.05) is 44.5 Å². The maximum atomic E-state index is 6.33. The highest BCUT2D eigenvalue weighted by molar-refractivity contribution is 6.48. The molecule has 0 heterocycles. The molecule has 0 bridgehead atoms. The molecule has 0 aromatic heterocycles. The first-order valence-corrected chi connectivity index (χ1v) is 8.99. The number of benzene rings is 1. The molecule has 0 aliphatic heterocycles. The predicted molar refractivity (Wildman–Crippen MR) is 80.1 cm³/mol. The van der Waals surface area contributed by atoms with Crippen LogP contribution in [0.1, 0.15) is 38.0 Å². The number of hydrogen-bond acceptors (Lipinski definition) is 2. The van der Waals surface area contributed by atoms with Gasteiger partial charge in [-0.3, -0.25) is 0 Å². The van der Waals surface area contributed by atoms with Crippen LogP contribution in [0, 0.1) is 5.41 Å². The fourth-order valence-electron chi connectivity index (χ4n) is 1.86. The monoisotopic (exact) mass is 284 g/mol. The first kappa shape index (κ1) is 15.7. The molecule has 18 heavy (non-hydrogen) atoms. The molecule has 1 atom stereocenters. The van der Waals surface area contributed by atoms with Crippen LogP contribution in [0.2, 0.25) is 18.1 Å². The van der Waals surface area contributed by atoms with Gasteiger partial charge in [0.2, 0.25) is 9.04 Å². The summed E-state index contributed by atoms with van der Waals surface area (Å²) in [5, 5.41) is 0.760. The summed E-state index contributed by atoms with van der Waals surface area (Å²) in [6, 6.07) is 5.96. The van der Waals surface area contributed by atoms with Gasteiger partial charge in [0.1, 0.15) is 0 Å². The minimum absolute atomic E-state index is 0.0127. The van der Waals surface area contributed by atoms with Crippen LogP contribution in [-0.2, 0) is 11.0 Å². The lowest BCUT2D eigenvalue weighted by Gasteiger charge is -2.33. The molecule has 2 nitrogen and oxygen atoms in total. The van der Waals surface area contributed by atoms with E-state index >= 15 is 0 Å². The second kappa shape index (κ2) is 6.20. The molecule has 0 aliphatic carbocycles. The van der Waals surface area contributed by atoms with E-state index in [1.54, 1.807) is 0 Å². The highest BCUT2D eigenvalue weighted by Gasteiger charge is 2.29. The highest BCUT2D eigenvalue weighted by Crippen LogP contribution is 2.40. The number of nitrogens with two attached hydrogens (primary N) is 1. The van der Waals surface area contributed by atoms with Crippen LogP contribution in [0.5, 0.6) is 0 Å². The van der Waals surface area contributed by atoms with Gasteiger partial charge in [0.25, 0.3) is 0 Å². The molecule has 2 N–H and O–H groups in total. The minimum atomic E-state index is -0.788. The lowest BCUT2D eigenvalue weighted by molar-refractivity contribution is 0.0866. The largest absolute Gasteiger partial charge is 0.410 e. The zero-order chi connectivity index (χ0) is 13.9. The second-order valence-electron chi connectivity index (χ2n) is 5.83. The Morgan fingerprint density at radius 3 is 2.39 bits per heavy atom. The molecule has 1 aromatic rings. The van der Waals surface area contributed by atoms with Gasteiger partial charge in [-0.2, -0.15) is 0 Å². The van der Waals surface area contributed by atoms with Gasteiger partial charge in [0, 0.05) is 11.6 Å². The van der Waals surface area contributed by atoms with E-state index in [4.69, 9.17) is 21.8 Å². The normalized spacial score (nSPS) is 14.0. The van der Waals surface area contributed by atoms with E-state index < -0.39 is 9.04 Å². The molecule has 4 heteroatoms. The van der Waals surface area contributed by atoms with E-state index in [1.807, 2.05) is 12.1 Å². The maximum Gasteiger partial charge on any atom is 0.205 e. The summed E-state index contributed by atoms with van der Waals surface area (Å²) in [4.78, 5) is 0. The molecule has 1 radical (unpaired) electrons. The van der Waals surface area contributed by atoms with Crippen LogP contribution in [0.4, 0.5) is 0 Å². The van der Waals surface area contributed by atoms with E-state index in [1.165, 1.54) is 0 Å². The van der Waals surface area contributed by atoms with E-state index in [9.17, 15) is 0 Å². The summed E-state index contributed by atoms with van der Waals surface area (Å²) >= 11 is 6.33. The summed E-state index contributed by atoms with van der Waals surface area (Å²) in [6.45, 7) is 11.3. The van der Waals surface area contributed by atoms with Crippen LogP contribution in [0.3, 0.4) is 0 Å². The third kappa shape index (κ3) is 4.09. The van der Waals surface area contributed by atoms with Crippen molar-refractivity contribution < 1.29 is 4.43 Å². The van der Waals surface area contributed by atoms with Crippen LogP contribution >= 0.6 is 11.6 Å². The van der Waals surface area contributed by atoms with E-state index in [0.717, 1.165) is 16.1 Å². The van der Waals surface area contributed by atoms with Crippen LogP contribution in [0.25, 0.3) is 0 Å². The van der Waals surface area contributed by atoms with Gasteiger partial charge < -0.3 is 10.2 Å². The molecule has 0 fully saturated rings. The van der Waals surface area contributed by atoms with Crippen LogP contribution < -0.4 is 5.73 Å². The van der Waals surface area contributed by atoms with Gasteiger partial charge in [0.15, 0.2) is 0 Å². The van der Waals surface area contributed by atoms with Gasteiger partial charge in [-0.25, -0.2) is 0 Å². The van der Waals surface area contributed by atoms with Crippen molar-refractivity contribution in [2.45, 2.75) is 46.5 Å². The third-order valence-electron chi connectivity index (χ3n) is 2.72. The fraction of sp³-hybridized carbons (Fsp3) is 0.571. The summed E-state index contributed by atoms with van der Waals surface area (Å²) in [6.07, 6.45) is 0.0142.